The van der Waals surface area contributed by atoms with Crippen molar-refractivity contribution in [3.63, 3.8) is 0 Å². The van der Waals surface area contributed by atoms with Gasteiger partial charge in [-0.05, 0) is 0 Å². The van der Waals surface area contributed by atoms with Crippen molar-refractivity contribution >= 4 is 28.9 Å². The van der Waals surface area contributed by atoms with Crippen LogP contribution in [-0.2, 0) is 14.4 Å². The largest absolute Gasteiger partial charge is 0.507 e. The summed E-state index contributed by atoms with van der Waals surface area (Å²) < 4.78 is 0. The Labute approximate surface area is 153 Å². The average Bonchev–Trinajstić information content (AvgIpc) is 2.70. The number of carbonyl (C=O) groups excluding carboxylic acids is 4. The van der Waals surface area contributed by atoms with Crippen LogP contribution in [0.1, 0.15) is 22.3 Å². The molecule has 0 spiro atoms. The Bertz CT molecular complexity index is 1050. The Morgan fingerprint density at radius 2 is 1.30 bits per heavy atom. The molecule has 0 amide bonds. The summed E-state index contributed by atoms with van der Waals surface area (Å²) in [6.07, 6.45) is 5.88. The van der Waals surface area contributed by atoms with E-state index in [0.717, 1.165) is 0 Å². The predicted octanol–water partition coefficient (Wildman–Crippen LogP) is 2.43. The molecule has 27 heavy (non-hydrogen) atoms. The van der Waals surface area contributed by atoms with Gasteiger partial charge in [0, 0.05) is 23.1 Å². The fourth-order valence-corrected chi connectivity index (χ4v) is 3.66. The summed E-state index contributed by atoms with van der Waals surface area (Å²) in [5.41, 5.74) is -0.294. The topological polar surface area (TPSA) is 109 Å². The maximum Gasteiger partial charge on any atom is 0.234 e. The highest BCUT2D eigenvalue weighted by Gasteiger charge is 2.43. The van der Waals surface area contributed by atoms with Gasteiger partial charge in [-0.2, -0.15) is 0 Å². The van der Waals surface area contributed by atoms with Gasteiger partial charge in [-0.1, -0.05) is 48.6 Å². The van der Waals surface area contributed by atoms with Crippen LogP contribution in [0.25, 0.3) is 5.76 Å². The van der Waals surface area contributed by atoms with E-state index in [1.807, 2.05) is 0 Å². The van der Waals surface area contributed by atoms with Crippen molar-refractivity contribution in [1.29, 1.82) is 0 Å². The van der Waals surface area contributed by atoms with Gasteiger partial charge in [0.05, 0.1) is 17.4 Å². The second-order valence-corrected chi connectivity index (χ2v) is 6.58. The SMILES string of the molecule is O=C1C(=O)c2ccccc2C(O)=C1CC1=C(O)C(=O)[C@H]2C=CC=C[C@H]2C1=O. The van der Waals surface area contributed by atoms with Crippen molar-refractivity contribution in [1.82, 2.24) is 0 Å². The molecule has 0 radical (unpaired) electrons. The molecule has 6 nitrogen and oxygen atoms in total. The number of allylic oxidation sites excluding steroid dienone is 7. The minimum absolute atomic E-state index is 0.0772. The normalized spacial score (nSPS) is 24.4. The zero-order valence-electron chi connectivity index (χ0n) is 14.0. The Morgan fingerprint density at radius 3 is 1.96 bits per heavy atom. The van der Waals surface area contributed by atoms with Gasteiger partial charge in [0.2, 0.25) is 17.3 Å². The summed E-state index contributed by atoms with van der Waals surface area (Å²) in [4.78, 5) is 50.0. The molecule has 1 aromatic carbocycles. The molecule has 3 aliphatic carbocycles. The first-order valence-corrected chi connectivity index (χ1v) is 8.38. The fraction of sp³-hybridized carbons (Fsp3) is 0.143. The molecular weight excluding hydrogens is 348 g/mol. The molecule has 0 aliphatic heterocycles. The average molecular weight is 362 g/mol. The highest BCUT2D eigenvalue weighted by Crippen LogP contribution is 2.37. The van der Waals surface area contributed by atoms with Crippen LogP contribution in [0.2, 0.25) is 0 Å². The highest BCUT2D eigenvalue weighted by molar-refractivity contribution is 6.52. The Balaban J connectivity index is 1.80. The van der Waals surface area contributed by atoms with Crippen LogP contribution < -0.4 is 0 Å². The third-order valence-corrected chi connectivity index (χ3v) is 5.10. The molecule has 0 bridgehead atoms. The summed E-state index contributed by atoms with van der Waals surface area (Å²) in [5.74, 6) is -5.56. The smallest absolute Gasteiger partial charge is 0.234 e. The Morgan fingerprint density at radius 1 is 0.704 bits per heavy atom. The monoisotopic (exact) mass is 362 g/mol. The van der Waals surface area contributed by atoms with Crippen LogP contribution in [0, 0.1) is 11.8 Å². The predicted molar refractivity (Wildman–Crippen MR) is 94.9 cm³/mol. The van der Waals surface area contributed by atoms with E-state index in [0.29, 0.717) is 0 Å². The minimum atomic E-state index is -0.951. The molecule has 0 fully saturated rings. The molecule has 0 aromatic heterocycles. The van der Waals surface area contributed by atoms with Crippen LogP contribution in [-0.4, -0.2) is 33.3 Å². The number of benzene rings is 1. The Hall–Kier alpha value is -3.54. The fourth-order valence-electron chi connectivity index (χ4n) is 3.66. The molecule has 0 saturated heterocycles. The molecule has 0 heterocycles. The maximum absolute atomic E-state index is 12.8. The van der Waals surface area contributed by atoms with Gasteiger partial charge in [-0.3, -0.25) is 19.2 Å². The zero-order valence-corrected chi connectivity index (χ0v) is 14.0. The highest BCUT2D eigenvalue weighted by atomic mass is 16.3. The molecule has 1 aromatic rings. The molecule has 6 heteroatoms. The third-order valence-electron chi connectivity index (χ3n) is 5.10. The van der Waals surface area contributed by atoms with Crippen LogP contribution in [0.3, 0.4) is 0 Å². The number of carbonyl (C=O) groups is 4. The number of aliphatic hydroxyl groups excluding tert-OH is 2. The second kappa shape index (κ2) is 6.02. The van der Waals surface area contributed by atoms with Crippen LogP contribution in [0.4, 0.5) is 0 Å². The molecule has 134 valence electrons. The number of Topliss-reactive ketones (excluding diaryl/α,β-unsaturated/α-hetero) is 4. The van der Waals surface area contributed by atoms with Crippen LogP contribution in [0.15, 0.2) is 65.5 Å². The van der Waals surface area contributed by atoms with Gasteiger partial charge in [0.15, 0.2) is 11.5 Å². The van der Waals surface area contributed by atoms with Crippen molar-refractivity contribution in [3.05, 3.63) is 76.6 Å². The molecule has 3 aliphatic rings. The van der Waals surface area contributed by atoms with Gasteiger partial charge in [-0.25, -0.2) is 0 Å². The first-order valence-electron chi connectivity index (χ1n) is 8.38. The summed E-state index contributed by atoms with van der Waals surface area (Å²) in [5, 5.41) is 20.8. The number of hydrogen-bond acceptors (Lipinski definition) is 6. The lowest BCUT2D eigenvalue weighted by Crippen LogP contribution is -2.37. The standard InChI is InChI=1S/C21H14O6/c22-16-10-5-1-3-7-12(10)18(24)20(26)14(16)9-15-17(23)11-6-2-4-8-13(11)19(25)21(15)27/h1-8,10,12,23,26H,9H2/t10-,12+/m1/s1. The van der Waals surface area contributed by atoms with E-state index in [4.69, 9.17) is 0 Å². The van der Waals surface area contributed by atoms with Gasteiger partial charge in [-0.15, -0.1) is 0 Å². The lowest BCUT2D eigenvalue weighted by Gasteiger charge is -2.28. The van der Waals surface area contributed by atoms with E-state index in [1.54, 1.807) is 36.4 Å². The molecule has 2 atom stereocenters. The van der Waals surface area contributed by atoms with Crippen molar-refractivity contribution < 1.29 is 29.4 Å². The number of ketones is 4. The number of aliphatic hydroxyl groups is 2. The van der Waals surface area contributed by atoms with Crippen molar-refractivity contribution in [2.75, 3.05) is 0 Å². The minimum Gasteiger partial charge on any atom is -0.507 e. The number of hydrogen-bond donors (Lipinski definition) is 2. The van der Waals surface area contributed by atoms with E-state index >= 15 is 0 Å². The molecular formula is C21H14O6. The molecule has 4 rings (SSSR count). The van der Waals surface area contributed by atoms with Crippen LogP contribution in [0.5, 0.6) is 0 Å². The second-order valence-electron chi connectivity index (χ2n) is 6.58. The lowest BCUT2D eigenvalue weighted by atomic mass is 9.73. The van der Waals surface area contributed by atoms with Gasteiger partial charge >= 0.3 is 0 Å². The van der Waals surface area contributed by atoms with E-state index in [9.17, 15) is 29.4 Å². The maximum atomic E-state index is 12.8. The van der Waals surface area contributed by atoms with Crippen molar-refractivity contribution in [3.8, 4) is 0 Å². The van der Waals surface area contributed by atoms with E-state index in [1.165, 1.54) is 12.1 Å². The number of fused-ring (bicyclic) bond motifs is 2. The van der Waals surface area contributed by atoms with Crippen LogP contribution >= 0.6 is 0 Å². The Kier molecular flexibility index (Phi) is 3.77. The summed E-state index contributed by atoms with van der Waals surface area (Å²) >= 11 is 0. The molecule has 0 unspecified atom stereocenters. The van der Waals surface area contributed by atoms with Crippen molar-refractivity contribution in [2.24, 2.45) is 11.8 Å². The van der Waals surface area contributed by atoms with E-state index in [-0.39, 0.29) is 22.3 Å². The first kappa shape index (κ1) is 16.9. The lowest BCUT2D eigenvalue weighted by molar-refractivity contribution is -0.129. The molecule has 0 saturated carbocycles. The van der Waals surface area contributed by atoms with Gasteiger partial charge < -0.3 is 10.2 Å². The summed E-state index contributed by atoms with van der Waals surface area (Å²) in [7, 11) is 0. The quantitative estimate of drug-likeness (QED) is 0.782. The summed E-state index contributed by atoms with van der Waals surface area (Å²) in [6.45, 7) is 0. The van der Waals surface area contributed by atoms with E-state index < -0.39 is 52.9 Å². The number of rotatable bonds is 2. The van der Waals surface area contributed by atoms with Gasteiger partial charge in [0.1, 0.15) is 5.76 Å². The zero-order chi connectivity index (χ0) is 19.3. The van der Waals surface area contributed by atoms with Gasteiger partial charge in [0.25, 0.3) is 0 Å². The first-order chi connectivity index (χ1) is 12.9. The van der Waals surface area contributed by atoms with E-state index in [2.05, 4.69) is 0 Å². The molecule has 2 N–H and O–H groups in total. The third kappa shape index (κ3) is 2.41. The summed E-state index contributed by atoms with van der Waals surface area (Å²) in [6, 6.07) is 6.09. The van der Waals surface area contributed by atoms with Crippen molar-refractivity contribution in [2.45, 2.75) is 6.42 Å².